The predicted octanol–water partition coefficient (Wildman–Crippen LogP) is 1.65. The number of nitrogens with zero attached hydrogens (tertiary/aromatic N) is 1. The lowest BCUT2D eigenvalue weighted by molar-refractivity contribution is -0.870. The lowest BCUT2D eigenvalue weighted by Crippen LogP contribution is -2.38. The van der Waals surface area contributed by atoms with E-state index in [1.807, 2.05) is 0 Å². The molecule has 1 aromatic rings. The number of quaternary nitrogens is 1. The molecule has 0 unspecified atom stereocenters. The second kappa shape index (κ2) is 6.43. The van der Waals surface area contributed by atoms with Crippen LogP contribution in [0.25, 0.3) is 0 Å². The minimum absolute atomic E-state index is 0.124. The van der Waals surface area contributed by atoms with Crippen molar-refractivity contribution < 1.29 is 23.9 Å². The number of hydrogen-bond donors (Lipinski definition) is 1. The molecule has 0 bridgehead atoms. The van der Waals surface area contributed by atoms with Crippen LogP contribution >= 0.6 is 0 Å². The molecule has 5 nitrogen and oxygen atoms in total. The molecule has 0 fully saturated rings. The van der Waals surface area contributed by atoms with Crippen LogP contribution in [0, 0.1) is 0 Å². The Bertz CT molecular complexity index is 438. The SMILES string of the molecule is CCOC(=O)c1ccc(OCC[N+](C)(C)C)cc1O. The Morgan fingerprint density at radius 1 is 1.32 bits per heavy atom. The standard InChI is InChI=1S/C14H21NO4/c1-5-18-14(17)12-7-6-11(10-13(12)16)19-9-8-15(2,3)4/h6-7,10H,5,8-9H2,1-4H3/p+1. The number of likely N-dealkylation sites (N-methyl/N-ethyl adjacent to an activating group) is 1. The van der Waals surface area contributed by atoms with E-state index in [1.54, 1.807) is 13.0 Å². The second-order valence-electron chi connectivity index (χ2n) is 5.26. The van der Waals surface area contributed by atoms with Gasteiger partial charge < -0.3 is 19.1 Å². The average molecular weight is 268 g/mol. The van der Waals surface area contributed by atoms with Gasteiger partial charge in [-0.15, -0.1) is 0 Å². The lowest BCUT2D eigenvalue weighted by Gasteiger charge is -2.23. The van der Waals surface area contributed by atoms with Gasteiger partial charge in [-0.3, -0.25) is 0 Å². The van der Waals surface area contributed by atoms with Gasteiger partial charge in [0, 0.05) is 6.07 Å². The smallest absolute Gasteiger partial charge is 0.341 e. The molecule has 0 aromatic heterocycles. The largest absolute Gasteiger partial charge is 0.507 e. The summed E-state index contributed by atoms with van der Waals surface area (Å²) in [7, 11) is 6.22. The van der Waals surface area contributed by atoms with Crippen molar-refractivity contribution in [2.24, 2.45) is 0 Å². The molecule has 1 aromatic carbocycles. The highest BCUT2D eigenvalue weighted by Gasteiger charge is 2.13. The van der Waals surface area contributed by atoms with Gasteiger partial charge in [-0.2, -0.15) is 0 Å². The minimum Gasteiger partial charge on any atom is -0.507 e. The van der Waals surface area contributed by atoms with Crippen LogP contribution in [-0.2, 0) is 4.74 Å². The van der Waals surface area contributed by atoms with E-state index >= 15 is 0 Å². The fourth-order valence-electron chi connectivity index (χ4n) is 1.42. The number of aromatic hydroxyl groups is 1. The number of rotatable bonds is 6. The summed E-state index contributed by atoms with van der Waals surface area (Å²) in [6.07, 6.45) is 0. The molecular formula is C14H22NO4+. The van der Waals surface area contributed by atoms with Crippen molar-refractivity contribution in [3.8, 4) is 11.5 Å². The van der Waals surface area contributed by atoms with Crippen LogP contribution in [0.3, 0.4) is 0 Å². The van der Waals surface area contributed by atoms with Crippen LogP contribution < -0.4 is 4.74 Å². The lowest BCUT2D eigenvalue weighted by atomic mass is 10.2. The number of esters is 1. The highest BCUT2D eigenvalue weighted by atomic mass is 16.5. The number of hydrogen-bond acceptors (Lipinski definition) is 4. The molecule has 0 saturated carbocycles. The summed E-state index contributed by atoms with van der Waals surface area (Å²) < 4.78 is 11.2. The zero-order valence-corrected chi connectivity index (χ0v) is 12.0. The zero-order valence-electron chi connectivity index (χ0n) is 12.0. The molecule has 106 valence electrons. The normalized spacial score (nSPS) is 11.2. The maximum absolute atomic E-state index is 11.5. The maximum atomic E-state index is 11.5. The summed E-state index contributed by atoms with van der Waals surface area (Å²) in [5, 5.41) is 9.76. The van der Waals surface area contributed by atoms with Crippen LogP contribution in [0.2, 0.25) is 0 Å². The summed E-state index contributed by atoms with van der Waals surface area (Å²) in [4.78, 5) is 11.5. The molecule has 0 radical (unpaired) electrons. The Kier molecular flexibility index (Phi) is 5.18. The van der Waals surface area contributed by atoms with Gasteiger partial charge in [0.25, 0.3) is 0 Å². The fourth-order valence-corrected chi connectivity index (χ4v) is 1.42. The van der Waals surface area contributed by atoms with Crippen LogP contribution in [0.4, 0.5) is 0 Å². The molecule has 1 rings (SSSR count). The number of benzene rings is 1. The summed E-state index contributed by atoms with van der Waals surface area (Å²) in [5.74, 6) is -0.113. The van der Waals surface area contributed by atoms with Crippen LogP contribution in [-0.4, -0.2) is 56.5 Å². The first-order valence-electron chi connectivity index (χ1n) is 6.27. The Labute approximate surface area is 114 Å². The van der Waals surface area contributed by atoms with Gasteiger partial charge in [0.1, 0.15) is 30.2 Å². The molecule has 0 aliphatic heterocycles. The molecule has 19 heavy (non-hydrogen) atoms. The van der Waals surface area contributed by atoms with E-state index in [2.05, 4.69) is 21.1 Å². The van der Waals surface area contributed by atoms with Crippen LogP contribution in [0.5, 0.6) is 11.5 Å². The maximum Gasteiger partial charge on any atom is 0.341 e. The third-order valence-corrected chi connectivity index (χ3v) is 2.50. The third-order valence-electron chi connectivity index (χ3n) is 2.50. The molecule has 0 amide bonds. The Hall–Kier alpha value is -1.75. The fraction of sp³-hybridized carbons (Fsp3) is 0.500. The molecule has 5 heteroatoms. The van der Waals surface area contributed by atoms with Crippen LogP contribution in [0.15, 0.2) is 18.2 Å². The van der Waals surface area contributed by atoms with Crippen molar-refractivity contribution in [2.45, 2.75) is 6.92 Å². The van der Waals surface area contributed by atoms with Crippen LogP contribution in [0.1, 0.15) is 17.3 Å². The molecule has 0 saturated heterocycles. The van der Waals surface area contributed by atoms with Crippen molar-refractivity contribution in [1.29, 1.82) is 0 Å². The molecule has 0 aliphatic rings. The summed E-state index contributed by atoms with van der Waals surface area (Å²) in [5.41, 5.74) is 0.154. The van der Waals surface area contributed by atoms with Gasteiger partial charge in [-0.1, -0.05) is 0 Å². The second-order valence-corrected chi connectivity index (χ2v) is 5.26. The van der Waals surface area contributed by atoms with Gasteiger partial charge in [0.2, 0.25) is 0 Å². The van der Waals surface area contributed by atoms with Crippen molar-refractivity contribution in [3.63, 3.8) is 0 Å². The van der Waals surface area contributed by atoms with E-state index in [9.17, 15) is 9.90 Å². The van der Waals surface area contributed by atoms with Gasteiger partial charge in [-0.05, 0) is 19.1 Å². The highest BCUT2D eigenvalue weighted by molar-refractivity contribution is 5.92. The van der Waals surface area contributed by atoms with Gasteiger partial charge >= 0.3 is 5.97 Å². The van der Waals surface area contributed by atoms with Gasteiger partial charge in [0.05, 0.1) is 27.7 Å². The summed E-state index contributed by atoms with van der Waals surface area (Å²) in [6, 6.07) is 4.60. The summed E-state index contributed by atoms with van der Waals surface area (Å²) in [6.45, 7) is 3.39. The van der Waals surface area contributed by atoms with E-state index in [0.29, 0.717) is 12.4 Å². The first-order chi connectivity index (χ1) is 8.83. The highest BCUT2D eigenvalue weighted by Crippen LogP contribution is 2.24. The van der Waals surface area contributed by atoms with Gasteiger partial charge in [-0.25, -0.2) is 4.79 Å². The molecule has 0 heterocycles. The van der Waals surface area contributed by atoms with E-state index in [-0.39, 0.29) is 17.9 Å². The minimum atomic E-state index is -0.530. The first kappa shape index (κ1) is 15.3. The number of phenols is 1. The first-order valence-corrected chi connectivity index (χ1v) is 6.27. The van der Waals surface area contributed by atoms with Crippen molar-refractivity contribution in [1.82, 2.24) is 0 Å². The van der Waals surface area contributed by atoms with E-state index in [1.165, 1.54) is 12.1 Å². The quantitative estimate of drug-likeness (QED) is 0.629. The van der Waals surface area contributed by atoms with Gasteiger partial charge in [0.15, 0.2) is 0 Å². The van der Waals surface area contributed by atoms with Crippen molar-refractivity contribution >= 4 is 5.97 Å². The molecule has 0 aliphatic carbocycles. The number of carbonyl (C=O) groups is 1. The molecule has 0 atom stereocenters. The molecule has 0 spiro atoms. The Balaban J connectivity index is 2.64. The van der Waals surface area contributed by atoms with E-state index < -0.39 is 5.97 Å². The zero-order chi connectivity index (χ0) is 14.5. The summed E-state index contributed by atoms with van der Waals surface area (Å²) >= 11 is 0. The van der Waals surface area contributed by atoms with Crippen molar-refractivity contribution in [3.05, 3.63) is 23.8 Å². The van der Waals surface area contributed by atoms with E-state index in [4.69, 9.17) is 9.47 Å². The topological polar surface area (TPSA) is 55.8 Å². The Morgan fingerprint density at radius 3 is 2.53 bits per heavy atom. The molecular weight excluding hydrogens is 246 g/mol. The number of ether oxygens (including phenoxy) is 2. The van der Waals surface area contributed by atoms with E-state index in [0.717, 1.165) is 11.0 Å². The third kappa shape index (κ3) is 5.18. The number of phenolic OH excluding ortho intramolecular Hbond substituents is 1. The average Bonchev–Trinajstić information content (AvgIpc) is 2.27. The molecule has 1 N–H and O–H groups in total. The number of carbonyl (C=O) groups excluding carboxylic acids is 1. The Morgan fingerprint density at radius 2 is 2.00 bits per heavy atom. The monoisotopic (exact) mass is 268 g/mol. The van der Waals surface area contributed by atoms with Crippen molar-refractivity contribution in [2.75, 3.05) is 40.9 Å². The predicted molar refractivity (Wildman–Crippen MR) is 72.5 cm³/mol.